The maximum atomic E-state index is 11.4. The van der Waals surface area contributed by atoms with Gasteiger partial charge in [0.25, 0.3) is 0 Å². The summed E-state index contributed by atoms with van der Waals surface area (Å²) in [4.78, 5) is 11.2. The Morgan fingerprint density at radius 2 is 2.06 bits per heavy atom. The number of nitrogens with one attached hydrogen (secondary N) is 1. The monoisotopic (exact) mass is 261 g/mol. The minimum absolute atomic E-state index is 0.165. The van der Waals surface area contributed by atoms with Crippen LogP contribution in [0.5, 0.6) is 0 Å². The normalized spacial score (nSPS) is 11.2. The summed E-state index contributed by atoms with van der Waals surface area (Å²) < 4.78 is 22.8. The molecule has 0 saturated heterocycles. The van der Waals surface area contributed by atoms with E-state index < -0.39 is 9.84 Å². The van der Waals surface area contributed by atoms with Crippen LogP contribution in [0.1, 0.15) is 5.56 Å². The van der Waals surface area contributed by atoms with E-state index in [4.69, 9.17) is 11.6 Å². The molecule has 6 heteroatoms. The Bertz CT molecular complexity index is 511. The molecule has 16 heavy (non-hydrogen) atoms. The predicted octanol–water partition coefficient (Wildman–Crippen LogP) is 1.58. The SMILES string of the molecule is Cc1ccc(NC(=O)CCl)cc1S(C)(=O)=O. The second-order valence-corrected chi connectivity index (χ2v) is 5.69. The number of amides is 1. The number of aryl methyl sites for hydroxylation is 1. The molecular weight excluding hydrogens is 250 g/mol. The molecule has 0 radical (unpaired) electrons. The average Bonchev–Trinajstić information content (AvgIpc) is 2.19. The molecule has 0 aromatic heterocycles. The van der Waals surface area contributed by atoms with Gasteiger partial charge >= 0.3 is 0 Å². The third kappa shape index (κ3) is 3.21. The molecule has 0 aliphatic carbocycles. The van der Waals surface area contributed by atoms with Crippen molar-refractivity contribution in [1.29, 1.82) is 0 Å². The van der Waals surface area contributed by atoms with E-state index in [1.807, 2.05) is 0 Å². The van der Waals surface area contributed by atoms with Crippen molar-refractivity contribution in [3.05, 3.63) is 23.8 Å². The number of hydrogen-bond acceptors (Lipinski definition) is 3. The minimum Gasteiger partial charge on any atom is -0.325 e. The molecule has 1 aromatic carbocycles. The smallest absolute Gasteiger partial charge is 0.239 e. The highest BCUT2D eigenvalue weighted by atomic mass is 35.5. The zero-order valence-corrected chi connectivity index (χ0v) is 10.5. The Morgan fingerprint density at radius 1 is 1.44 bits per heavy atom. The zero-order valence-electron chi connectivity index (χ0n) is 8.95. The molecule has 1 rings (SSSR count). The standard InChI is InChI=1S/C10H12ClNO3S/c1-7-3-4-8(12-10(13)6-11)5-9(7)16(2,14)15/h3-5H,6H2,1-2H3,(H,12,13). The first kappa shape index (κ1) is 13.0. The Balaban J connectivity index is 3.13. The van der Waals surface area contributed by atoms with Crippen LogP contribution in [-0.2, 0) is 14.6 Å². The van der Waals surface area contributed by atoms with Gasteiger partial charge in [0.15, 0.2) is 9.84 Å². The Hall–Kier alpha value is -1.07. The molecule has 4 nitrogen and oxygen atoms in total. The fourth-order valence-corrected chi connectivity index (χ4v) is 2.33. The number of halogens is 1. The summed E-state index contributed by atoms with van der Waals surface area (Å²) in [7, 11) is -3.28. The molecule has 1 N–H and O–H groups in total. The quantitative estimate of drug-likeness (QED) is 0.840. The lowest BCUT2D eigenvalue weighted by Crippen LogP contribution is -2.13. The molecule has 0 atom stereocenters. The number of hydrogen-bond donors (Lipinski definition) is 1. The molecule has 0 heterocycles. The Kier molecular flexibility index (Phi) is 3.93. The fraction of sp³-hybridized carbons (Fsp3) is 0.300. The first-order valence-electron chi connectivity index (χ1n) is 4.51. The number of carbonyl (C=O) groups is 1. The molecule has 88 valence electrons. The van der Waals surface area contributed by atoms with E-state index in [0.29, 0.717) is 11.3 Å². The highest BCUT2D eigenvalue weighted by molar-refractivity contribution is 7.90. The van der Waals surface area contributed by atoms with E-state index >= 15 is 0 Å². The van der Waals surface area contributed by atoms with Gasteiger partial charge in [0, 0.05) is 11.9 Å². The van der Waals surface area contributed by atoms with Crippen molar-refractivity contribution in [3.8, 4) is 0 Å². The topological polar surface area (TPSA) is 63.2 Å². The molecule has 0 unspecified atom stereocenters. The van der Waals surface area contributed by atoms with Crippen LogP contribution < -0.4 is 5.32 Å². The van der Waals surface area contributed by atoms with E-state index in [-0.39, 0.29) is 16.7 Å². The molecule has 0 saturated carbocycles. The van der Waals surface area contributed by atoms with Crippen LogP contribution in [-0.4, -0.2) is 26.5 Å². The van der Waals surface area contributed by atoms with Gasteiger partial charge in [-0.15, -0.1) is 11.6 Å². The summed E-state index contributed by atoms with van der Waals surface area (Å²) in [6, 6.07) is 4.70. The second-order valence-electron chi connectivity index (χ2n) is 3.43. The summed E-state index contributed by atoms with van der Waals surface area (Å²) in [5.74, 6) is -0.535. The van der Waals surface area contributed by atoms with Gasteiger partial charge in [-0.25, -0.2) is 8.42 Å². The van der Waals surface area contributed by atoms with Gasteiger partial charge in [0.1, 0.15) is 5.88 Å². The van der Waals surface area contributed by atoms with Crippen molar-refractivity contribution in [2.75, 3.05) is 17.5 Å². The Labute approximate surface area is 99.5 Å². The number of sulfone groups is 1. The third-order valence-electron chi connectivity index (χ3n) is 1.99. The molecule has 0 bridgehead atoms. The summed E-state index contributed by atoms with van der Waals surface area (Å²) >= 11 is 5.33. The zero-order chi connectivity index (χ0) is 12.3. The number of rotatable bonds is 3. The van der Waals surface area contributed by atoms with Gasteiger partial charge < -0.3 is 5.32 Å². The minimum atomic E-state index is -3.28. The number of alkyl halides is 1. The largest absolute Gasteiger partial charge is 0.325 e. The van der Waals surface area contributed by atoms with E-state index in [0.717, 1.165) is 6.26 Å². The molecule has 0 aliphatic heterocycles. The summed E-state index contributed by atoms with van der Waals surface area (Å²) in [5.41, 5.74) is 1.07. The average molecular weight is 262 g/mol. The number of carbonyl (C=O) groups excluding carboxylic acids is 1. The van der Waals surface area contributed by atoms with Gasteiger partial charge in [-0.1, -0.05) is 6.07 Å². The first-order valence-corrected chi connectivity index (χ1v) is 6.93. The molecule has 0 aliphatic rings. The van der Waals surface area contributed by atoms with E-state index in [1.165, 1.54) is 6.07 Å². The van der Waals surface area contributed by atoms with E-state index in [2.05, 4.69) is 5.32 Å². The maximum Gasteiger partial charge on any atom is 0.239 e. The van der Waals surface area contributed by atoms with Crippen molar-refractivity contribution >= 4 is 33.0 Å². The van der Waals surface area contributed by atoms with Crippen molar-refractivity contribution in [2.45, 2.75) is 11.8 Å². The maximum absolute atomic E-state index is 11.4. The van der Waals surface area contributed by atoms with Crippen LogP contribution in [0, 0.1) is 6.92 Å². The van der Waals surface area contributed by atoms with Crippen molar-refractivity contribution in [3.63, 3.8) is 0 Å². The highest BCUT2D eigenvalue weighted by Gasteiger charge is 2.12. The van der Waals surface area contributed by atoms with Gasteiger partial charge in [-0.05, 0) is 24.6 Å². The van der Waals surface area contributed by atoms with Gasteiger partial charge in [-0.2, -0.15) is 0 Å². The lowest BCUT2D eigenvalue weighted by atomic mass is 10.2. The van der Waals surface area contributed by atoms with E-state index in [9.17, 15) is 13.2 Å². The molecule has 0 fully saturated rings. The molecule has 1 aromatic rings. The van der Waals surface area contributed by atoms with Crippen LogP contribution >= 0.6 is 11.6 Å². The van der Waals surface area contributed by atoms with Crippen molar-refractivity contribution < 1.29 is 13.2 Å². The second kappa shape index (κ2) is 4.84. The Morgan fingerprint density at radius 3 is 2.56 bits per heavy atom. The number of benzene rings is 1. The van der Waals surface area contributed by atoms with Crippen LogP contribution in [0.3, 0.4) is 0 Å². The van der Waals surface area contributed by atoms with Crippen molar-refractivity contribution in [1.82, 2.24) is 0 Å². The third-order valence-corrected chi connectivity index (χ3v) is 3.47. The molecular formula is C10H12ClNO3S. The van der Waals surface area contributed by atoms with Gasteiger partial charge in [-0.3, -0.25) is 4.79 Å². The van der Waals surface area contributed by atoms with Crippen molar-refractivity contribution in [2.24, 2.45) is 0 Å². The predicted molar refractivity (Wildman–Crippen MR) is 63.6 cm³/mol. The highest BCUT2D eigenvalue weighted by Crippen LogP contribution is 2.19. The summed E-state index contributed by atoms with van der Waals surface area (Å²) in [6.45, 7) is 1.70. The molecule has 1 amide bonds. The summed E-state index contributed by atoms with van der Waals surface area (Å²) in [6.07, 6.45) is 1.13. The first-order chi connectivity index (χ1) is 7.34. The van der Waals surface area contributed by atoms with Crippen LogP contribution in [0.15, 0.2) is 23.1 Å². The van der Waals surface area contributed by atoms with E-state index in [1.54, 1.807) is 19.1 Å². The van der Waals surface area contributed by atoms with Crippen LogP contribution in [0.2, 0.25) is 0 Å². The van der Waals surface area contributed by atoms with Crippen LogP contribution in [0.25, 0.3) is 0 Å². The summed E-state index contributed by atoms with van der Waals surface area (Å²) in [5, 5.41) is 2.50. The van der Waals surface area contributed by atoms with Gasteiger partial charge in [0.05, 0.1) is 4.90 Å². The molecule has 0 spiro atoms. The van der Waals surface area contributed by atoms with Crippen LogP contribution in [0.4, 0.5) is 5.69 Å². The fourth-order valence-electron chi connectivity index (χ4n) is 1.27. The lowest BCUT2D eigenvalue weighted by Gasteiger charge is -2.07. The van der Waals surface area contributed by atoms with Gasteiger partial charge in [0.2, 0.25) is 5.91 Å². The lowest BCUT2D eigenvalue weighted by molar-refractivity contribution is -0.113. The number of anilines is 1.